The Labute approximate surface area is 107 Å². The van der Waals surface area contributed by atoms with Crippen LogP contribution < -0.4 is 10.6 Å². The number of nitrogens with two attached hydrogens (primary N) is 1. The molecule has 0 saturated carbocycles. The molecule has 2 aromatic rings. The summed E-state index contributed by atoms with van der Waals surface area (Å²) in [5.41, 5.74) is 9.70. The normalized spacial score (nSPS) is 10.4. The number of aryl methyl sites for hydroxylation is 2. The minimum atomic E-state index is 0.563. The van der Waals surface area contributed by atoms with Crippen molar-refractivity contribution in [2.75, 3.05) is 11.9 Å². The molecule has 0 saturated heterocycles. The van der Waals surface area contributed by atoms with Crippen LogP contribution in [0, 0.1) is 13.8 Å². The predicted octanol–water partition coefficient (Wildman–Crippen LogP) is 2.32. The fourth-order valence-electron chi connectivity index (χ4n) is 1.68. The zero-order valence-corrected chi connectivity index (χ0v) is 11.0. The molecule has 18 heavy (non-hydrogen) atoms. The Morgan fingerprint density at radius 3 is 2.33 bits per heavy atom. The number of benzene rings is 1. The van der Waals surface area contributed by atoms with Crippen LogP contribution in [0.4, 0.5) is 11.5 Å². The van der Waals surface area contributed by atoms with Gasteiger partial charge in [-0.05, 0) is 31.5 Å². The lowest BCUT2D eigenvalue weighted by molar-refractivity contribution is 1.00. The molecule has 0 aliphatic rings. The Balaban J connectivity index is 2.28. The van der Waals surface area contributed by atoms with Gasteiger partial charge in [0, 0.05) is 19.3 Å². The lowest BCUT2D eigenvalue weighted by Gasteiger charge is -2.19. The SMILES string of the molecule is Cc1ncc(N(C)c2ccc(CN)cc2)nc1C. The van der Waals surface area contributed by atoms with E-state index in [9.17, 15) is 0 Å². The van der Waals surface area contributed by atoms with Crippen LogP contribution in [0.15, 0.2) is 30.5 Å². The molecule has 0 spiro atoms. The standard InChI is InChI=1S/C14H18N4/c1-10-11(2)17-14(9-16-10)18(3)13-6-4-12(8-15)5-7-13/h4-7,9H,8,15H2,1-3H3. The molecule has 1 aromatic heterocycles. The van der Waals surface area contributed by atoms with Crippen molar-refractivity contribution >= 4 is 11.5 Å². The van der Waals surface area contributed by atoms with Gasteiger partial charge in [-0.1, -0.05) is 12.1 Å². The molecule has 4 heteroatoms. The fourth-order valence-corrected chi connectivity index (χ4v) is 1.68. The second kappa shape index (κ2) is 5.14. The average molecular weight is 242 g/mol. The first-order chi connectivity index (χ1) is 8.61. The third-order valence-corrected chi connectivity index (χ3v) is 3.08. The predicted molar refractivity (Wildman–Crippen MR) is 73.9 cm³/mol. The lowest BCUT2D eigenvalue weighted by Crippen LogP contribution is -2.12. The lowest BCUT2D eigenvalue weighted by atomic mass is 10.2. The first-order valence-electron chi connectivity index (χ1n) is 5.95. The molecule has 0 fully saturated rings. The quantitative estimate of drug-likeness (QED) is 0.897. The van der Waals surface area contributed by atoms with E-state index in [4.69, 9.17) is 5.73 Å². The summed E-state index contributed by atoms with van der Waals surface area (Å²) in [6.45, 7) is 4.49. The Morgan fingerprint density at radius 2 is 1.78 bits per heavy atom. The van der Waals surface area contributed by atoms with Gasteiger partial charge in [0.1, 0.15) is 0 Å². The molecule has 0 atom stereocenters. The maximum Gasteiger partial charge on any atom is 0.151 e. The van der Waals surface area contributed by atoms with Gasteiger partial charge >= 0.3 is 0 Å². The second-order valence-corrected chi connectivity index (χ2v) is 4.33. The van der Waals surface area contributed by atoms with Gasteiger partial charge in [-0.2, -0.15) is 0 Å². The molecule has 2 rings (SSSR count). The van der Waals surface area contributed by atoms with Gasteiger partial charge in [-0.15, -0.1) is 0 Å². The summed E-state index contributed by atoms with van der Waals surface area (Å²) in [4.78, 5) is 10.9. The number of hydrogen-bond acceptors (Lipinski definition) is 4. The first kappa shape index (κ1) is 12.5. The minimum Gasteiger partial charge on any atom is -0.328 e. The van der Waals surface area contributed by atoms with Gasteiger partial charge in [-0.25, -0.2) is 4.98 Å². The van der Waals surface area contributed by atoms with Crippen molar-refractivity contribution in [1.29, 1.82) is 0 Å². The molecule has 0 radical (unpaired) electrons. The van der Waals surface area contributed by atoms with E-state index in [-0.39, 0.29) is 0 Å². The van der Waals surface area contributed by atoms with Crippen molar-refractivity contribution in [3.05, 3.63) is 47.4 Å². The molecule has 94 valence electrons. The second-order valence-electron chi connectivity index (χ2n) is 4.33. The summed E-state index contributed by atoms with van der Waals surface area (Å²) >= 11 is 0. The Kier molecular flexibility index (Phi) is 3.58. The Morgan fingerprint density at radius 1 is 1.11 bits per heavy atom. The molecule has 1 aromatic carbocycles. The topological polar surface area (TPSA) is 55.0 Å². The minimum absolute atomic E-state index is 0.563. The van der Waals surface area contributed by atoms with E-state index in [1.54, 1.807) is 6.20 Å². The molecule has 4 nitrogen and oxygen atoms in total. The summed E-state index contributed by atoms with van der Waals surface area (Å²) < 4.78 is 0. The van der Waals surface area contributed by atoms with Crippen molar-refractivity contribution in [1.82, 2.24) is 9.97 Å². The number of anilines is 2. The van der Waals surface area contributed by atoms with E-state index in [1.165, 1.54) is 0 Å². The van der Waals surface area contributed by atoms with Crippen molar-refractivity contribution in [2.45, 2.75) is 20.4 Å². The number of nitrogens with zero attached hydrogens (tertiary/aromatic N) is 3. The molecule has 0 amide bonds. The van der Waals surface area contributed by atoms with Gasteiger partial charge in [0.2, 0.25) is 0 Å². The van der Waals surface area contributed by atoms with Crippen LogP contribution in [0.25, 0.3) is 0 Å². The molecule has 0 unspecified atom stereocenters. The van der Waals surface area contributed by atoms with Crippen molar-refractivity contribution < 1.29 is 0 Å². The molecule has 0 aliphatic heterocycles. The summed E-state index contributed by atoms with van der Waals surface area (Å²) in [5, 5.41) is 0. The summed E-state index contributed by atoms with van der Waals surface area (Å²) in [6.07, 6.45) is 1.79. The highest BCUT2D eigenvalue weighted by molar-refractivity contribution is 5.58. The van der Waals surface area contributed by atoms with E-state index in [1.807, 2.05) is 50.1 Å². The van der Waals surface area contributed by atoms with E-state index >= 15 is 0 Å². The zero-order chi connectivity index (χ0) is 13.1. The van der Waals surface area contributed by atoms with Crippen LogP contribution in [-0.2, 0) is 6.54 Å². The molecule has 0 bridgehead atoms. The third kappa shape index (κ3) is 2.49. The maximum atomic E-state index is 5.59. The van der Waals surface area contributed by atoms with Gasteiger partial charge in [0.15, 0.2) is 5.82 Å². The molecule has 2 N–H and O–H groups in total. The average Bonchev–Trinajstić information content (AvgIpc) is 2.41. The van der Waals surface area contributed by atoms with Crippen LogP contribution in [0.2, 0.25) is 0 Å². The molecule has 0 aliphatic carbocycles. The van der Waals surface area contributed by atoms with E-state index in [0.29, 0.717) is 6.54 Å². The highest BCUT2D eigenvalue weighted by Crippen LogP contribution is 2.21. The van der Waals surface area contributed by atoms with E-state index in [0.717, 1.165) is 28.5 Å². The Hall–Kier alpha value is -1.94. The smallest absolute Gasteiger partial charge is 0.151 e. The molecular weight excluding hydrogens is 224 g/mol. The van der Waals surface area contributed by atoms with E-state index in [2.05, 4.69) is 9.97 Å². The van der Waals surface area contributed by atoms with Gasteiger partial charge in [-0.3, -0.25) is 4.98 Å². The van der Waals surface area contributed by atoms with Crippen LogP contribution in [0.1, 0.15) is 17.0 Å². The highest BCUT2D eigenvalue weighted by atomic mass is 15.2. The van der Waals surface area contributed by atoms with Crippen LogP contribution >= 0.6 is 0 Å². The third-order valence-electron chi connectivity index (χ3n) is 3.08. The van der Waals surface area contributed by atoms with Gasteiger partial charge in [0.25, 0.3) is 0 Å². The fraction of sp³-hybridized carbons (Fsp3) is 0.286. The molecular formula is C14H18N4. The van der Waals surface area contributed by atoms with Crippen molar-refractivity contribution in [3.63, 3.8) is 0 Å². The Bertz CT molecular complexity index is 534. The summed E-state index contributed by atoms with van der Waals surface area (Å²) in [7, 11) is 1.98. The molecule has 1 heterocycles. The van der Waals surface area contributed by atoms with Crippen molar-refractivity contribution in [3.8, 4) is 0 Å². The summed E-state index contributed by atoms with van der Waals surface area (Å²) in [6, 6.07) is 8.14. The first-order valence-corrected chi connectivity index (χ1v) is 5.95. The number of hydrogen-bond donors (Lipinski definition) is 1. The largest absolute Gasteiger partial charge is 0.328 e. The van der Waals surface area contributed by atoms with Crippen LogP contribution in [0.3, 0.4) is 0 Å². The van der Waals surface area contributed by atoms with E-state index < -0.39 is 0 Å². The number of rotatable bonds is 3. The highest BCUT2D eigenvalue weighted by Gasteiger charge is 2.07. The van der Waals surface area contributed by atoms with Crippen LogP contribution in [-0.4, -0.2) is 17.0 Å². The maximum absolute atomic E-state index is 5.59. The van der Waals surface area contributed by atoms with Gasteiger partial charge < -0.3 is 10.6 Å². The van der Waals surface area contributed by atoms with Gasteiger partial charge in [0.05, 0.1) is 17.6 Å². The van der Waals surface area contributed by atoms with Crippen LogP contribution in [0.5, 0.6) is 0 Å². The van der Waals surface area contributed by atoms with Crippen molar-refractivity contribution in [2.24, 2.45) is 5.73 Å². The summed E-state index contributed by atoms with van der Waals surface area (Å²) in [5.74, 6) is 0.846. The zero-order valence-electron chi connectivity index (χ0n) is 11.0. The monoisotopic (exact) mass is 242 g/mol. The number of aromatic nitrogens is 2.